The van der Waals surface area contributed by atoms with Gasteiger partial charge in [-0.1, -0.05) is 66.1 Å². The molecule has 0 spiro atoms. The summed E-state index contributed by atoms with van der Waals surface area (Å²) in [6, 6.07) is 30.4. The Kier molecular flexibility index (Phi) is 2.42. The van der Waals surface area contributed by atoms with Gasteiger partial charge < -0.3 is 4.57 Å². The van der Waals surface area contributed by atoms with Gasteiger partial charge in [-0.05, 0) is 40.3 Å². The van der Waals surface area contributed by atoms with E-state index in [2.05, 4.69) is 77.4 Å². The van der Waals surface area contributed by atoms with E-state index in [0.29, 0.717) is 5.56 Å². The van der Waals surface area contributed by atoms with Crippen molar-refractivity contribution in [2.45, 2.75) is 0 Å². The summed E-state index contributed by atoms with van der Waals surface area (Å²) in [6.45, 7) is 0.276. The Morgan fingerprint density at radius 3 is 2.50 bits per heavy atom. The molecule has 2 nitrogen and oxygen atoms in total. The zero-order chi connectivity index (χ0) is 18.4. The minimum Gasteiger partial charge on any atom is -0.310 e. The molecule has 0 amide bonds. The van der Waals surface area contributed by atoms with Gasteiger partial charge in [0.1, 0.15) is 0 Å². The first-order valence-corrected chi connectivity index (χ1v) is 9.56. The SMILES string of the molecule is N#Cc1ccc2c3cccc4c3n(c2c1)-c1cccc2c1B4c1ccccc1-2. The molecule has 0 aliphatic carbocycles. The average Bonchev–Trinajstić information content (AvgIpc) is 3.27. The first-order chi connectivity index (χ1) is 13.9. The first-order valence-electron chi connectivity index (χ1n) is 9.56. The third-order valence-corrected chi connectivity index (χ3v) is 6.43. The summed E-state index contributed by atoms with van der Waals surface area (Å²) in [5, 5.41) is 11.9. The molecule has 0 atom stereocenters. The monoisotopic (exact) mass is 352 g/mol. The van der Waals surface area contributed by atoms with Crippen molar-refractivity contribution in [3.05, 3.63) is 84.4 Å². The van der Waals surface area contributed by atoms with Crippen LogP contribution in [0.2, 0.25) is 0 Å². The zero-order valence-electron chi connectivity index (χ0n) is 15.0. The molecule has 0 saturated carbocycles. The van der Waals surface area contributed by atoms with Gasteiger partial charge in [-0.15, -0.1) is 0 Å². The molecule has 4 aromatic carbocycles. The van der Waals surface area contributed by atoms with E-state index in [9.17, 15) is 5.26 Å². The predicted molar refractivity (Wildman–Crippen MR) is 116 cm³/mol. The molecule has 126 valence electrons. The van der Waals surface area contributed by atoms with Crippen LogP contribution < -0.4 is 16.4 Å². The normalized spacial score (nSPS) is 12.9. The van der Waals surface area contributed by atoms with E-state index in [1.165, 1.54) is 49.5 Å². The van der Waals surface area contributed by atoms with E-state index in [1.54, 1.807) is 0 Å². The van der Waals surface area contributed by atoms with E-state index < -0.39 is 0 Å². The number of benzene rings is 4. The molecule has 0 fully saturated rings. The van der Waals surface area contributed by atoms with Crippen LogP contribution in [0.1, 0.15) is 5.56 Å². The van der Waals surface area contributed by atoms with Crippen molar-refractivity contribution in [3.63, 3.8) is 0 Å². The van der Waals surface area contributed by atoms with Crippen molar-refractivity contribution < 1.29 is 0 Å². The highest BCUT2D eigenvalue weighted by Gasteiger charge is 2.40. The summed E-state index contributed by atoms with van der Waals surface area (Å²) < 4.78 is 2.38. The number of hydrogen-bond donors (Lipinski definition) is 0. The maximum Gasteiger partial charge on any atom is 0.248 e. The van der Waals surface area contributed by atoms with Crippen LogP contribution >= 0.6 is 0 Å². The Morgan fingerprint density at radius 1 is 0.750 bits per heavy atom. The second kappa shape index (κ2) is 4.74. The van der Waals surface area contributed by atoms with E-state index in [1.807, 2.05) is 12.1 Å². The van der Waals surface area contributed by atoms with Gasteiger partial charge in [0, 0.05) is 22.0 Å². The van der Waals surface area contributed by atoms with Crippen LogP contribution in [0.15, 0.2) is 78.9 Å². The molecule has 0 unspecified atom stereocenters. The summed E-state index contributed by atoms with van der Waals surface area (Å²) in [6.07, 6.45) is 0. The summed E-state index contributed by atoms with van der Waals surface area (Å²) >= 11 is 0. The summed E-state index contributed by atoms with van der Waals surface area (Å²) in [5.41, 5.74) is 11.2. The van der Waals surface area contributed by atoms with Crippen molar-refractivity contribution in [2.24, 2.45) is 0 Å². The van der Waals surface area contributed by atoms with Gasteiger partial charge in [0.15, 0.2) is 0 Å². The van der Waals surface area contributed by atoms with Crippen LogP contribution in [0, 0.1) is 11.3 Å². The van der Waals surface area contributed by atoms with Gasteiger partial charge in [-0.25, -0.2) is 0 Å². The minimum atomic E-state index is 0.276. The molecule has 2 aliphatic heterocycles. The van der Waals surface area contributed by atoms with Crippen molar-refractivity contribution in [2.75, 3.05) is 0 Å². The van der Waals surface area contributed by atoms with Crippen molar-refractivity contribution >= 4 is 44.9 Å². The maximum atomic E-state index is 9.45. The molecule has 5 aromatic rings. The maximum absolute atomic E-state index is 9.45. The molecule has 0 saturated heterocycles. The summed E-state index contributed by atoms with van der Waals surface area (Å²) in [5.74, 6) is 0. The molecule has 3 heteroatoms. The Morgan fingerprint density at radius 2 is 1.57 bits per heavy atom. The zero-order valence-corrected chi connectivity index (χ0v) is 15.0. The fourth-order valence-electron chi connectivity index (χ4n) is 5.40. The highest BCUT2D eigenvalue weighted by molar-refractivity contribution is 7.01. The van der Waals surface area contributed by atoms with E-state index in [4.69, 9.17) is 0 Å². The van der Waals surface area contributed by atoms with Crippen LogP contribution in [0.3, 0.4) is 0 Å². The lowest BCUT2D eigenvalue weighted by molar-refractivity contribution is 1.19. The molecule has 7 rings (SSSR count). The highest BCUT2D eigenvalue weighted by Crippen LogP contribution is 2.36. The van der Waals surface area contributed by atoms with Crippen molar-refractivity contribution in [1.29, 1.82) is 5.26 Å². The second-order valence-electron chi connectivity index (χ2n) is 7.68. The lowest BCUT2D eigenvalue weighted by atomic mass is 9.37. The molecule has 2 aliphatic rings. The topological polar surface area (TPSA) is 28.7 Å². The molecule has 0 radical (unpaired) electrons. The Balaban J connectivity index is 1.76. The van der Waals surface area contributed by atoms with E-state index >= 15 is 0 Å². The molecule has 1 aromatic heterocycles. The molecular formula is C25H13BN2. The number of aromatic nitrogens is 1. The third kappa shape index (κ3) is 1.48. The van der Waals surface area contributed by atoms with Gasteiger partial charge >= 0.3 is 0 Å². The number of nitrogens with zero attached hydrogens (tertiary/aromatic N) is 2. The van der Waals surface area contributed by atoms with Gasteiger partial charge in [0.2, 0.25) is 6.71 Å². The lowest BCUT2D eigenvalue weighted by Gasteiger charge is -2.24. The van der Waals surface area contributed by atoms with E-state index in [0.717, 1.165) is 5.52 Å². The lowest BCUT2D eigenvalue weighted by Crippen LogP contribution is -2.53. The first kappa shape index (κ1) is 14.3. The fourth-order valence-corrected chi connectivity index (χ4v) is 5.40. The minimum absolute atomic E-state index is 0.276. The third-order valence-electron chi connectivity index (χ3n) is 6.43. The Bertz CT molecular complexity index is 1530. The molecule has 0 bridgehead atoms. The number of hydrogen-bond acceptors (Lipinski definition) is 1. The van der Waals surface area contributed by atoms with Gasteiger partial charge in [0.05, 0.1) is 17.1 Å². The number of rotatable bonds is 0. The fraction of sp³-hybridized carbons (Fsp3) is 0. The Labute approximate surface area is 162 Å². The van der Waals surface area contributed by atoms with Gasteiger partial charge in [-0.3, -0.25) is 0 Å². The Hall–Kier alpha value is -3.77. The summed E-state index contributed by atoms with van der Waals surface area (Å²) in [7, 11) is 0. The number of fused-ring (bicyclic) bond motifs is 8. The summed E-state index contributed by atoms with van der Waals surface area (Å²) in [4.78, 5) is 0. The average molecular weight is 352 g/mol. The highest BCUT2D eigenvalue weighted by atomic mass is 15.0. The molecule has 3 heterocycles. The van der Waals surface area contributed by atoms with Crippen LogP contribution in [0.5, 0.6) is 0 Å². The van der Waals surface area contributed by atoms with Crippen molar-refractivity contribution in [1.82, 2.24) is 4.57 Å². The second-order valence-corrected chi connectivity index (χ2v) is 7.68. The van der Waals surface area contributed by atoms with Crippen LogP contribution in [0.4, 0.5) is 0 Å². The van der Waals surface area contributed by atoms with Gasteiger partial charge in [0.25, 0.3) is 0 Å². The van der Waals surface area contributed by atoms with Crippen LogP contribution in [0.25, 0.3) is 38.6 Å². The molecule has 28 heavy (non-hydrogen) atoms. The van der Waals surface area contributed by atoms with Crippen LogP contribution in [-0.2, 0) is 0 Å². The molecular weight excluding hydrogens is 339 g/mol. The van der Waals surface area contributed by atoms with Gasteiger partial charge in [-0.2, -0.15) is 5.26 Å². The number of nitriles is 1. The van der Waals surface area contributed by atoms with Crippen LogP contribution in [-0.4, -0.2) is 11.3 Å². The quantitative estimate of drug-likeness (QED) is 0.384. The molecule has 0 N–H and O–H groups in total. The predicted octanol–water partition coefficient (Wildman–Crippen LogP) is 3.47. The standard InChI is InChI=1S/C25H13BN2/c27-14-15-11-12-17-19-7-3-9-21-25(19)28(23(17)13-15)22-10-4-6-18-16-5-1-2-8-20(16)26(21)24(18)22/h1-13H. The van der Waals surface area contributed by atoms with Crippen molar-refractivity contribution in [3.8, 4) is 22.9 Å². The van der Waals surface area contributed by atoms with E-state index in [-0.39, 0.29) is 6.71 Å². The number of para-hydroxylation sites is 1. The smallest absolute Gasteiger partial charge is 0.248 e. The largest absolute Gasteiger partial charge is 0.310 e.